The Balaban J connectivity index is 2.25. The number of rotatable bonds is 4. The third-order valence-electron chi connectivity index (χ3n) is 3.83. The van der Waals surface area contributed by atoms with E-state index < -0.39 is 5.97 Å². The summed E-state index contributed by atoms with van der Waals surface area (Å²) in [5.74, 6) is 0.160. The number of hydrogen-bond donors (Lipinski definition) is 1. The summed E-state index contributed by atoms with van der Waals surface area (Å²) in [6.45, 7) is 3.98. The number of nitrogens with zero attached hydrogens (tertiary/aromatic N) is 2. The molecular formula is C19H18N2O3. The number of carboxylic acid groups (broad SMARTS) is 1. The standard InChI is InChI=1S/C19H18N2O3/c1-12-4-7-14(8-5-12)18-20-15(19(22)23)11-21(18)16-10-13(2)6-9-17(16)24-3/h4-11H,1-3H3,(H,22,23). The zero-order valence-corrected chi connectivity index (χ0v) is 13.8. The Morgan fingerprint density at radius 2 is 1.75 bits per heavy atom. The van der Waals surface area contributed by atoms with E-state index in [4.69, 9.17) is 4.74 Å². The number of aromatic nitrogens is 2. The molecule has 0 unspecified atom stereocenters. The zero-order valence-electron chi connectivity index (χ0n) is 13.8. The summed E-state index contributed by atoms with van der Waals surface area (Å²) < 4.78 is 7.20. The van der Waals surface area contributed by atoms with Gasteiger partial charge in [0, 0.05) is 11.8 Å². The van der Waals surface area contributed by atoms with Gasteiger partial charge in [-0.3, -0.25) is 4.57 Å². The molecule has 0 saturated heterocycles. The highest BCUT2D eigenvalue weighted by Crippen LogP contribution is 2.30. The maximum absolute atomic E-state index is 11.4. The maximum atomic E-state index is 11.4. The molecule has 2 aromatic carbocycles. The number of methoxy groups -OCH3 is 1. The molecule has 122 valence electrons. The Labute approximate surface area is 140 Å². The van der Waals surface area contributed by atoms with E-state index in [1.54, 1.807) is 11.7 Å². The maximum Gasteiger partial charge on any atom is 0.356 e. The van der Waals surface area contributed by atoms with E-state index in [-0.39, 0.29) is 5.69 Å². The molecule has 1 aromatic heterocycles. The van der Waals surface area contributed by atoms with Gasteiger partial charge >= 0.3 is 5.97 Å². The van der Waals surface area contributed by atoms with Crippen molar-refractivity contribution in [2.24, 2.45) is 0 Å². The van der Waals surface area contributed by atoms with Crippen LogP contribution in [0.15, 0.2) is 48.7 Å². The molecule has 0 bridgehead atoms. The van der Waals surface area contributed by atoms with Crippen LogP contribution in [0.3, 0.4) is 0 Å². The monoisotopic (exact) mass is 322 g/mol. The molecule has 5 nitrogen and oxygen atoms in total. The van der Waals surface area contributed by atoms with Crippen molar-refractivity contribution in [3.63, 3.8) is 0 Å². The van der Waals surface area contributed by atoms with E-state index in [1.165, 1.54) is 6.20 Å². The molecule has 24 heavy (non-hydrogen) atoms. The Morgan fingerprint density at radius 3 is 2.38 bits per heavy atom. The van der Waals surface area contributed by atoms with Gasteiger partial charge in [0.15, 0.2) is 5.69 Å². The van der Waals surface area contributed by atoms with Gasteiger partial charge in [-0.2, -0.15) is 0 Å². The first-order chi connectivity index (χ1) is 11.5. The first kappa shape index (κ1) is 15.8. The second-order valence-electron chi connectivity index (χ2n) is 5.67. The van der Waals surface area contributed by atoms with Crippen LogP contribution in [0.1, 0.15) is 21.6 Å². The molecule has 0 atom stereocenters. The number of aromatic carboxylic acids is 1. The number of hydrogen-bond acceptors (Lipinski definition) is 3. The molecule has 0 saturated carbocycles. The third-order valence-corrected chi connectivity index (χ3v) is 3.83. The Morgan fingerprint density at radius 1 is 1.08 bits per heavy atom. The van der Waals surface area contributed by atoms with Crippen LogP contribution in [-0.2, 0) is 0 Å². The lowest BCUT2D eigenvalue weighted by molar-refractivity contribution is 0.0691. The first-order valence-corrected chi connectivity index (χ1v) is 7.54. The van der Waals surface area contributed by atoms with Gasteiger partial charge in [0.1, 0.15) is 11.6 Å². The fraction of sp³-hybridized carbons (Fsp3) is 0.158. The van der Waals surface area contributed by atoms with Crippen LogP contribution in [0, 0.1) is 13.8 Å². The van der Waals surface area contributed by atoms with Crippen molar-refractivity contribution in [3.8, 4) is 22.8 Å². The first-order valence-electron chi connectivity index (χ1n) is 7.54. The summed E-state index contributed by atoms with van der Waals surface area (Å²) in [5.41, 5.74) is 3.77. The smallest absolute Gasteiger partial charge is 0.356 e. The minimum atomic E-state index is -1.06. The van der Waals surface area contributed by atoms with Crippen molar-refractivity contribution < 1.29 is 14.6 Å². The molecule has 5 heteroatoms. The molecule has 0 aliphatic rings. The predicted molar refractivity (Wildman–Crippen MR) is 92.0 cm³/mol. The highest BCUT2D eigenvalue weighted by molar-refractivity contribution is 5.86. The van der Waals surface area contributed by atoms with Gasteiger partial charge in [0.2, 0.25) is 0 Å². The van der Waals surface area contributed by atoms with Crippen LogP contribution >= 0.6 is 0 Å². The Hall–Kier alpha value is -3.08. The quantitative estimate of drug-likeness (QED) is 0.792. The van der Waals surface area contributed by atoms with Crippen molar-refractivity contribution in [3.05, 3.63) is 65.5 Å². The van der Waals surface area contributed by atoms with E-state index in [9.17, 15) is 9.90 Å². The number of carbonyl (C=O) groups is 1. The van der Waals surface area contributed by atoms with Crippen LogP contribution in [0.25, 0.3) is 17.1 Å². The highest BCUT2D eigenvalue weighted by atomic mass is 16.5. The van der Waals surface area contributed by atoms with Crippen LogP contribution in [0.5, 0.6) is 5.75 Å². The largest absolute Gasteiger partial charge is 0.495 e. The van der Waals surface area contributed by atoms with Crippen molar-refractivity contribution in [2.75, 3.05) is 7.11 Å². The zero-order chi connectivity index (χ0) is 17.3. The average Bonchev–Trinajstić information content (AvgIpc) is 3.01. The molecule has 1 N–H and O–H groups in total. The average molecular weight is 322 g/mol. The topological polar surface area (TPSA) is 64.3 Å². The van der Waals surface area contributed by atoms with Crippen molar-refractivity contribution in [1.29, 1.82) is 0 Å². The minimum Gasteiger partial charge on any atom is -0.495 e. The number of aryl methyl sites for hydroxylation is 2. The molecule has 3 rings (SSSR count). The van der Waals surface area contributed by atoms with Crippen molar-refractivity contribution in [1.82, 2.24) is 9.55 Å². The van der Waals surface area contributed by atoms with Gasteiger partial charge in [-0.15, -0.1) is 0 Å². The van der Waals surface area contributed by atoms with Gasteiger partial charge in [-0.25, -0.2) is 9.78 Å². The van der Waals surface area contributed by atoms with Crippen LogP contribution in [0.2, 0.25) is 0 Å². The molecule has 0 spiro atoms. The number of ether oxygens (including phenoxy) is 1. The summed E-state index contributed by atoms with van der Waals surface area (Å²) in [5, 5.41) is 9.33. The Kier molecular flexibility index (Phi) is 4.08. The summed E-state index contributed by atoms with van der Waals surface area (Å²) in [6, 6.07) is 13.6. The molecule has 0 fully saturated rings. The molecule has 3 aromatic rings. The second kappa shape index (κ2) is 6.20. The van der Waals surface area contributed by atoms with Crippen molar-refractivity contribution in [2.45, 2.75) is 13.8 Å². The number of carboxylic acids is 1. The summed E-state index contributed by atoms with van der Waals surface area (Å²) in [7, 11) is 1.59. The van der Waals surface area contributed by atoms with E-state index in [2.05, 4.69) is 4.98 Å². The van der Waals surface area contributed by atoms with Gasteiger partial charge < -0.3 is 9.84 Å². The van der Waals surface area contributed by atoms with Gasteiger partial charge in [-0.1, -0.05) is 35.9 Å². The van der Waals surface area contributed by atoms with Gasteiger partial charge in [0.05, 0.1) is 12.8 Å². The molecule has 0 radical (unpaired) electrons. The number of imidazole rings is 1. The fourth-order valence-corrected chi connectivity index (χ4v) is 2.56. The third kappa shape index (κ3) is 2.88. The summed E-state index contributed by atoms with van der Waals surface area (Å²) in [6.07, 6.45) is 1.52. The van der Waals surface area contributed by atoms with E-state index in [0.29, 0.717) is 11.6 Å². The molecule has 1 heterocycles. The lowest BCUT2D eigenvalue weighted by Crippen LogP contribution is -2.00. The van der Waals surface area contributed by atoms with Crippen molar-refractivity contribution >= 4 is 5.97 Å². The Bertz CT molecular complexity index is 895. The van der Waals surface area contributed by atoms with E-state index >= 15 is 0 Å². The molecule has 0 aliphatic heterocycles. The molecule has 0 amide bonds. The number of benzene rings is 2. The van der Waals surface area contributed by atoms with E-state index in [1.807, 2.05) is 56.3 Å². The second-order valence-corrected chi connectivity index (χ2v) is 5.67. The minimum absolute atomic E-state index is 0.00543. The lowest BCUT2D eigenvalue weighted by atomic mass is 10.1. The summed E-state index contributed by atoms with van der Waals surface area (Å²) in [4.78, 5) is 15.7. The molecule has 0 aliphatic carbocycles. The van der Waals surface area contributed by atoms with Crippen LogP contribution in [-0.4, -0.2) is 27.7 Å². The van der Waals surface area contributed by atoms with Gasteiger partial charge in [0.25, 0.3) is 0 Å². The lowest BCUT2D eigenvalue weighted by Gasteiger charge is -2.13. The highest BCUT2D eigenvalue weighted by Gasteiger charge is 2.18. The van der Waals surface area contributed by atoms with Crippen LogP contribution < -0.4 is 4.74 Å². The van der Waals surface area contributed by atoms with Crippen LogP contribution in [0.4, 0.5) is 0 Å². The fourth-order valence-electron chi connectivity index (χ4n) is 2.56. The summed E-state index contributed by atoms with van der Waals surface area (Å²) >= 11 is 0. The van der Waals surface area contributed by atoms with E-state index in [0.717, 1.165) is 22.4 Å². The SMILES string of the molecule is COc1ccc(C)cc1-n1cc(C(=O)O)nc1-c1ccc(C)cc1. The normalized spacial score (nSPS) is 10.6. The predicted octanol–water partition coefficient (Wildman–Crippen LogP) is 3.86. The molecular weight excluding hydrogens is 304 g/mol. The van der Waals surface area contributed by atoms with Gasteiger partial charge in [-0.05, 0) is 31.5 Å².